The molecule has 5 nitrogen and oxygen atoms in total. The minimum Gasteiger partial charge on any atom is -0.496 e. The van der Waals surface area contributed by atoms with Crippen molar-refractivity contribution in [2.45, 2.75) is 0 Å². The fraction of sp³-hybridized carbons (Fsp3) is 0.0588. The van der Waals surface area contributed by atoms with Gasteiger partial charge < -0.3 is 15.0 Å². The highest BCUT2D eigenvalue weighted by atomic mass is 127. The molecule has 0 unspecified atom stereocenters. The summed E-state index contributed by atoms with van der Waals surface area (Å²) in [5, 5.41) is 3.31. The number of aromatic nitrogens is 1. The first-order valence-electron chi connectivity index (χ1n) is 6.95. The summed E-state index contributed by atoms with van der Waals surface area (Å²) in [6, 6.07) is 10.6. The number of anilines is 1. The highest BCUT2D eigenvalue weighted by Gasteiger charge is 2.14. The normalized spacial score (nSPS) is 10.6. The summed E-state index contributed by atoms with van der Waals surface area (Å²) in [6.45, 7) is 0. The fourth-order valence-electron chi connectivity index (χ4n) is 2.36. The molecule has 3 aromatic rings. The number of rotatable bonds is 4. The predicted molar refractivity (Wildman–Crippen MR) is 97.6 cm³/mol. The SMILES string of the molecule is COc1ccc(NC(=O)c2cc3cc(F)ccc3[nH]2)cc1C(=O)I. The highest BCUT2D eigenvalue weighted by Crippen LogP contribution is 2.25. The molecular formula is C17H12FIN2O3. The molecule has 1 aromatic heterocycles. The number of aromatic amines is 1. The third kappa shape index (κ3) is 3.25. The Hall–Kier alpha value is -2.42. The number of hydrogen-bond acceptors (Lipinski definition) is 3. The molecule has 0 fully saturated rings. The lowest BCUT2D eigenvalue weighted by Gasteiger charge is -2.09. The van der Waals surface area contributed by atoms with Crippen molar-refractivity contribution in [1.82, 2.24) is 4.98 Å². The van der Waals surface area contributed by atoms with Crippen molar-refractivity contribution in [3.63, 3.8) is 0 Å². The fourth-order valence-corrected chi connectivity index (χ4v) is 2.79. The first kappa shape index (κ1) is 16.4. The molecule has 0 aliphatic heterocycles. The zero-order chi connectivity index (χ0) is 17.3. The van der Waals surface area contributed by atoms with Gasteiger partial charge in [-0.2, -0.15) is 0 Å². The molecule has 3 rings (SSSR count). The van der Waals surface area contributed by atoms with E-state index in [4.69, 9.17) is 4.74 Å². The minimum atomic E-state index is -0.386. The Bertz CT molecular complexity index is 952. The van der Waals surface area contributed by atoms with Gasteiger partial charge in [0, 0.05) is 39.2 Å². The summed E-state index contributed by atoms with van der Waals surface area (Å²) in [5.74, 6) is -0.314. The van der Waals surface area contributed by atoms with Crippen LogP contribution >= 0.6 is 22.6 Å². The van der Waals surface area contributed by atoms with E-state index in [2.05, 4.69) is 10.3 Å². The molecule has 0 atom stereocenters. The molecule has 1 amide bonds. The molecule has 0 bridgehead atoms. The van der Waals surface area contributed by atoms with Crippen LogP contribution in [0.3, 0.4) is 0 Å². The number of fused-ring (bicyclic) bond motifs is 1. The number of ether oxygens (including phenoxy) is 1. The van der Waals surface area contributed by atoms with Crippen LogP contribution in [-0.4, -0.2) is 21.8 Å². The van der Waals surface area contributed by atoms with Crippen molar-refractivity contribution >= 4 is 48.9 Å². The average Bonchev–Trinajstić information content (AvgIpc) is 2.98. The van der Waals surface area contributed by atoms with Gasteiger partial charge in [-0.15, -0.1) is 0 Å². The largest absolute Gasteiger partial charge is 0.496 e. The second-order valence-corrected chi connectivity index (χ2v) is 6.04. The first-order chi connectivity index (χ1) is 11.5. The third-order valence-corrected chi connectivity index (χ3v) is 4.08. The predicted octanol–water partition coefficient (Wildman–Crippen LogP) is 4.14. The Morgan fingerprint density at radius 2 is 1.96 bits per heavy atom. The topological polar surface area (TPSA) is 71.2 Å². The number of H-pyrrole nitrogens is 1. The van der Waals surface area contributed by atoms with E-state index < -0.39 is 0 Å². The smallest absolute Gasteiger partial charge is 0.272 e. The second-order valence-electron chi connectivity index (χ2n) is 5.06. The van der Waals surface area contributed by atoms with E-state index in [-0.39, 0.29) is 15.5 Å². The summed E-state index contributed by atoms with van der Waals surface area (Å²) < 4.78 is 18.2. The second kappa shape index (κ2) is 6.60. The number of methoxy groups -OCH3 is 1. The monoisotopic (exact) mass is 438 g/mol. The van der Waals surface area contributed by atoms with Gasteiger partial charge in [0.05, 0.1) is 12.7 Å². The molecule has 0 aliphatic rings. The number of nitrogens with one attached hydrogen (secondary N) is 2. The summed E-state index contributed by atoms with van der Waals surface area (Å²) in [7, 11) is 1.47. The van der Waals surface area contributed by atoms with Gasteiger partial charge in [-0.1, -0.05) is 0 Å². The Morgan fingerprint density at radius 3 is 2.67 bits per heavy atom. The number of halogens is 2. The van der Waals surface area contributed by atoms with E-state index in [0.717, 1.165) is 0 Å². The lowest BCUT2D eigenvalue weighted by Crippen LogP contribution is -2.12. The summed E-state index contributed by atoms with van der Waals surface area (Å²) in [5.41, 5.74) is 1.80. The first-order valence-corrected chi connectivity index (χ1v) is 8.03. The van der Waals surface area contributed by atoms with Gasteiger partial charge >= 0.3 is 0 Å². The van der Waals surface area contributed by atoms with E-state index in [9.17, 15) is 14.0 Å². The van der Waals surface area contributed by atoms with Crippen LogP contribution in [0.15, 0.2) is 42.5 Å². The Kier molecular flexibility index (Phi) is 4.52. The van der Waals surface area contributed by atoms with Gasteiger partial charge in [0.1, 0.15) is 17.3 Å². The van der Waals surface area contributed by atoms with E-state index in [1.165, 1.54) is 19.2 Å². The van der Waals surface area contributed by atoms with E-state index in [1.807, 2.05) is 0 Å². The van der Waals surface area contributed by atoms with Crippen molar-refractivity contribution in [2.75, 3.05) is 12.4 Å². The van der Waals surface area contributed by atoms with Gasteiger partial charge in [0.2, 0.25) is 3.79 Å². The summed E-state index contributed by atoms with van der Waals surface area (Å²) in [4.78, 5) is 26.9. The maximum Gasteiger partial charge on any atom is 0.272 e. The van der Waals surface area contributed by atoms with Crippen LogP contribution in [-0.2, 0) is 0 Å². The molecule has 2 aromatic carbocycles. The average molecular weight is 438 g/mol. The zero-order valence-corrected chi connectivity index (χ0v) is 14.7. The number of amides is 1. The summed E-state index contributed by atoms with van der Waals surface area (Å²) >= 11 is 1.66. The lowest BCUT2D eigenvalue weighted by atomic mass is 10.2. The highest BCUT2D eigenvalue weighted by molar-refractivity contribution is 14.1. The Morgan fingerprint density at radius 1 is 1.17 bits per heavy atom. The number of hydrogen-bond donors (Lipinski definition) is 2. The Balaban J connectivity index is 1.88. The number of carbonyl (C=O) groups excluding carboxylic acids is 2. The van der Waals surface area contributed by atoms with E-state index >= 15 is 0 Å². The molecule has 0 aliphatic carbocycles. The molecule has 24 heavy (non-hydrogen) atoms. The van der Waals surface area contributed by atoms with E-state index in [0.29, 0.717) is 33.6 Å². The van der Waals surface area contributed by atoms with Gasteiger partial charge in [-0.25, -0.2) is 4.39 Å². The zero-order valence-electron chi connectivity index (χ0n) is 12.5. The van der Waals surface area contributed by atoms with Crippen molar-refractivity contribution in [3.8, 4) is 5.75 Å². The van der Waals surface area contributed by atoms with Crippen LogP contribution < -0.4 is 10.1 Å². The van der Waals surface area contributed by atoms with Gasteiger partial charge in [-0.3, -0.25) is 9.59 Å². The van der Waals surface area contributed by atoms with E-state index in [1.54, 1.807) is 52.9 Å². The molecule has 122 valence electrons. The Labute approximate surface area is 150 Å². The van der Waals surface area contributed by atoms with Crippen LogP contribution in [0.2, 0.25) is 0 Å². The van der Waals surface area contributed by atoms with Gasteiger partial charge in [-0.05, 0) is 42.5 Å². The molecule has 7 heteroatoms. The summed E-state index contributed by atoms with van der Waals surface area (Å²) in [6.07, 6.45) is 0. The van der Waals surface area contributed by atoms with Crippen molar-refractivity contribution in [3.05, 3.63) is 59.5 Å². The van der Waals surface area contributed by atoms with Crippen LogP contribution in [0.4, 0.5) is 10.1 Å². The van der Waals surface area contributed by atoms with Crippen molar-refractivity contribution < 1.29 is 18.7 Å². The van der Waals surface area contributed by atoms with Crippen molar-refractivity contribution in [2.24, 2.45) is 0 Å². The van der Waals surface area contributed by atoms with Crippen LogP contribution in [0, 0.1) is 5.82 Å². The standard InChI is InChI=1S/C17H12FIN2O3/c1-24-15-5-3-11(8-12(15)16(19)22)20-17(23)14-7-9-6-10(18)2-4-13(9)21-14/h2-8,21H,1H3,(H,20,23). The quantitative estimate of drug-likeness (QED) is 0.475. The maximum atomic E-state index is 13.2. The van der Waals surface area contributed by atoms with Crippen LogP contribution in [0.5, 0.6) is 5.75 Å². The third-order valence-electron chi connectivity index (χ3n) is 3.50. The molecule has 0 spiro atoms. The maximum absolute atomic E-state index is 13.2. The molecule has 0 saturated heterocycles. The number of carbonyl (C=O) groups is 2. The molecule has 2 N–H and O–H groups in total. The van der Waals surface area contributed by atoms with Gasteiger partial charge in [0.15, 0.2) is 0 Å². The number of benzene rings is 2. The lowest BCUT2D eigenvalue weighted by molar-refractivity contribution is 0.102. The molecule has 1 heterocycles. The van der Waals surface area contributed by atoms with Crippen LogP contribution in [0.1, 0.15) is 20.8 Å². The molecule has 0 radical (unpaired) electrons. The molecule has 0 saturated carbocycles. The molecular weight excluding hydrogens is 426 g/mol. The van der Waals surface area contributed by atoms with Gasteiger partial charge in [0.25, 0.3) is 5.91 Å². The minimum absolute atomic E-state index is 0.193. The van der Waals surface area contributed by atoms with Crippen LogP contribution in [0.25, 0.3) is 10.9 Å². The van der Waals surface area contributed by atoms with Crippen molar-refractivity contribution in [1.29, 1.82) is 0 Å².